The van der Waals surface area contributed by atoms with Crippen LogP contribution in [0, 0.1) is 6.92 Å². The van der Waals surface area contributed by atoms with Crippen molar-refractivity contribution in [2.75, 3.05) is 14.1 Å². The highest BCUT2D eigenvalue weighted by Crippen LogP contribution is 2.12. The minimum absolute atomic E-state index is 0.0454. The van der Waals surface area contributed by atoms with E-state index in [1.54, 1.807) is 17.6 Å². The molecule has 0 bridgehead atoms. The van der Waals surface area contributed by atoms with E-state index in [9.17, 15) is 4.79 Å². The van der Waals surface area contributed by atoms with Crippen LogP contribution in [0.5, 0.6) is 0 Å². The number of ketones is 1. The molecule has 2 aromatic heterocycles. The van der Waals surface area contributed by atoms with Crippen LogP contribution in [0.4, 0.5) is 0 Å². The number of fused-ring (bicyclic) bond motifs is 1. The summed E-state index contributed by atoms with van der Waals surface area (Å²) in [7, 11) is 3.82. The van der Waals surface area contributed by atoms with Gasteiger partial charge in [0.05, 0.1) is 11.3 Å². The number of rotatable bonds is 3. The highest BCUT2D eigenvalue weighted by molar-refractivity contribution is 5.97. The maximum Gasteiger partial charge on any atom is 0.252 e. The van der Waals surface area contributed by atoms with Crippen LogP contribution in [0.1, 0.15) is 28.8 Å². The molecule has 0 aliphatic carbocycles. The Labute approximate surface area is 105 Å². The summed E-state index contributed by atoms with van der Waals surface area (Å²) in [6.07, 6.45) is 5.24. The number of carbonyl (C=O) groups excluding carboxylic acids is 1. The van der Waals surface area contributed by atoms with Gasteiger partial charge >= 0.3 is 0 Å². The molecule has 0 aliphatic rings. The molecule has 0 fully saturated rings. The van der Waals surface area contributed by atoms with Crippen molar-refractivity contribution >= 4 is 17.6 Å². The second-order valence-corrected chi connectivity index (χ2v) is 4.26. The topological polar surface area (TPSA) is 63.4 Å². The van der Waals surface area contributed by atoms with Crippen LogP contribution in [-0.2, 0) is 0 Å². The molecule has 18 heavy (non-hydrogen) atoms. The fourth-order valence-electron chi connectivity index (χ4n) is 1.60. The van der Waals surface area contributed by atoms with Gasteiger partial charge < -0.3 is 4.90 Å². The van der Waals surface area contributed by atoms with Crippen molar-refractivity contribution in [2.45, 2.75) is 13.8 Å². The van der Waals surface area contributed by atoms with Gasteiger partial charge in [-0.15, -0.1) is 5.10 Å². The Morgan fingerprint density at radius 2 is 2.17 bits per heavy atom. The number of Topliss-reactive ketones (excluding diaryl/α,β-unsaturated/α-hetero) is 1. The van der Waals surface area contributed by atoms with Crippen LogP contribution in [-0.4, -0.2) is 44.4 Å². The third-order valence-electron chi connectivity index (χ3n) is 2.42. The van der Waals surface area contributed by atoms with E-state index in [1.807, 2.05) is 31.3 Å². The lowest BCUT2D eigenvalue weighted by molar-refractivity contribution is 0.101. The molecule has 0 aromatic carbocycles. The van der Waals surface area contributed by atoms with Crippen LogP contribution in [0.25, 0.3) is 11.9 Å². The van der Waals surface area contributed by atoms with Crippen molar-refractivity contribution in [3.05, 3.63) is 29.5 Å². The second-order valence-electron chi connectivity index (χ2n) is 4.26. The van der Waals surface area contributed by atoms with Gasteiger partial charge in [-0.2, -0.15) is 9.50 Å². The van der Waals surface area contributed by atoms with Crippen LogP contribution >= 0.6 is 0 Å². The lowest BCUT2D eigenvalue weighted by Crippen LogP contribution is -2.07. The zero-order chi connectivity index (χ0) is 13.3. The molecule has 0 amide bonds. The number of aromatic nitrogens is 4. The summed E-state index contributed by atoms with van der Waals surface area (Å²) in [5, 5.41) is 4.26. The molecular formula is C12H15N5O. The summed E-state index contributed by atoms with van der Waals surface area (Å²) in [5.41, 5.74) is 1.23. The highest BCUT2D eigenvalue weighted by Gasteiger charge is 2.12. The maximum absolute atomic E-state index is 11.6. The summed E-state index contributed by atoms with van der Waals surface area (Å²) in [6.45, 7) is 3.31. The number of carbonyl (C=O) groups is 1. The van der Waals surface area contributed by atoms with Gasteiger partial charge in [0.1, 0.15) is 5.82 Å². The van der Waals surface area contributed by atoms with E-state index >= 15 is 0 Å². The van der Waals surface area contributed by atoms with Crippen molar-refractivity contribution < 1.29 is 4.79 Å². The molecule has 6 nitrogen and oxygen atoms in total. The molecule has 0 N–H and O–H groups in total. The number of nitrogens with zero attached hydrogens (tertiary/aromatic N) is 5. The summed E-state index contributed by atoms with van der Waals surface area (Å²) in [4.78, 5) is 21.8. The van der Waals surface area contributed by atoms with E-state index in [4.69, 9.17) is 0 Å². The van der Waals surface area contributed by atoms with Crippen molar-refractivity contribution in [2.24, 2.45) is 0 Å². The second kappa shape index (κ2) is 4.56. The summed E-state index contributed by atoms with van der Waals surface area (Å²) >= 11 is 0. The van der Waals surface area contributed by atoms with Crippen LogP contribution in [0.2, 0.25) is 0 Å². The van der Waals surface area contributed by atoms with Crippen molar-refractivity contribution in [1.29, 1.82) is 0 Å². The quantitative estimate of drug-likeness (QED) is 0.759. The fraction of sp³-hybridized carbons (Fsp3) is 0.333. The first-order chi connectivity index (χ1) is 8.49. The zero-order valence-electron chi connectivity index (χ0n) is 10.9. The van der Waals surface area contributed by atoms with E-state index in [0.717, 1.165) is 0 Å². The van der Waals surface area contributed by atoms with E-state index in [1.165, 1.54) is 6.92 Å². The van der Waals surface area contributed by atoms with Crippen LogP contribution < -0.4 is 0 Å². The van der Waals surface area contributed by atoms with Crippen molar-refractivity contribution in [3.63, 3.8) is 0 Å². The summed E-state index contributed by atoms with van der Waals surface area (Å²) < 4.78 is 1.59. The molecular weight excluding hydrogens is 230 g/mol. The molecule has 0 radical (unpaired) electrons. The molecule has 2 heterocycles. The maximum atomic E-state index is 11.6. The SMILES string of the molecule is CC(=O)c1cnc2nc(C)nn2c1/C=C/N(C)C. The molecule has 2 aromatic rings. The van der Waals surface area contributed by atoms with E-state index < -0.39 is 0 Å². The zero-order valence-corrected chi connectivity index (χ0v) is 10.9. The Bertz CT molecular complexity index is 627. The Hall–Kier alpha value is -2.24. The fourth-order valence-corrected chi connectivity index (χ4v) is 1.60. The molecule has 0 atom stereocenters. The van der Waals surface area contributed by atoms with Gasteiger partial charge in [-0.1, -0.05) is 0 Å². The summed E-state index contributed by atoms with van der Waals surface area (Å²) in [5.74, 6) is 1.08. The van der Waals surface area contributed by atoms with Gasteiger partial charge in [0, 0.05) is 26.5 Å². The normalized spacial score (nSPS) is 11.3. The molecule has 94 valence electrons. The van der Waals surface area contributed by atoms with Gasteiger partial charge in [-0.25, -0.2) is 4.98 Å². The molecule has 0 saturated carbocycles. The van der Waals surface area contributed by atoms with Gasteiger partial charge in [-0.3, -0.25) is 4.79 Å². The van der Waals surface area contributed by atoms with Gasteiger partial charge in [-0.05, 0) is 19.9 Å². The first kappa shape index (κ1) is 12.2. The first-order valence-electron chi connectivity index (χ1n) is 5.57. The minimum Gasteiger partial charge on any atom is -0.383 e. The third-order valence-corrected chi connectivity index (χ3v) is 2.42. The van der Waals surface area contributed by atoms with Gasteiger partial charge in [0.25, 0.3) is 5.78 Å². The lowest BCUT2D eigenvalue weighted by atomic mass is 10.1. The number of aryl methyl sites for hydroxylation is 1. The average molecular weight is 245 g/mol. The number of hydrogen-bond acceptors (Lipinski definition) is 5. The molecule has 6 heteroatoms. The number of hydrogen-bond donors (Lipinski definition) is 0. The van der Waals surface area contributed by atoms with Crippen molar-refractivity contribution in [1.82, 2.24) is 24.5 Å². The Kier molecular flexibility index (Phi) is 3.10. The van der Waals surface area contributed by atoms with E-state index in [2.05, 4.69) is 15.1 Å². The Morgan fingerprint density at radius 3 is 2.78 bits per heavy atom. The van der Waals surface area contributed by atoms with E-state index in [0.29, 0.717) is 22.9 Å². The standard InChI is InChI=1S/C12H15N5O/c1-8(18)10-7-13-12-14-9(2)15-17(12)11(10)5-6-16(3)4/h5-7H,1-4H3/b6-5+. The summed E-state index contributed by atoms with van der Waals surface area (Å²) in [6, 6.07) is 0. The monoisotopic (exact) mass is 245 g/mol. The predicted octanol–water partition coefficient (Wildman–Crippen LogP) is 1.17. The van der Waals surface area contributed by atoms with Gasteiger partial charge in [0.2, 0.25) is 0 Å². The van der Waals surface area contributed by atoms with Crippen LogP contribution in [0.15, 0.2) is 12.4 Å². The Balaban J connectivity index is 2.69. The third kappa shape index (κ3) is 2.22. The first-order valence-corrected chi connectivity index (χ1v) is 5.57. The minimum atomic E-state index is -0.0454. The average Bonchev–Trinajstić information content (AvgIpc) is 2.65. The van der Waals surface area contributed by atoms with E-state index in [-0.39, 0.29) is 5.78 Å². The predicted molar refractivity (Wildman–Crippen MR) is 68.2 cm³/mol. The van der Waals surface area contributed by atoms with Gasteiger partial charge in [0.15, 0.2) is 5.78 Å². The Morgan fingerprint density at radius 1 is 1.44 bits per heavy atom. The largest absolute Gasteiger partial charge is 0.383 e. The molecule has 0 saturated heterocycles. The molecule has 0 spiro atoms. The molecule has 0 aliphatic heterocycles. The van der Waals surface area contributed by atoms with Crippen LogP contribution in [0.3, 0.4) is 0 Å². The smallest absolute Gasteiger partial charge is 0.252 e. The van der Waals surface area contributed by atoms with Crippen molar-refractivity contribution in [3.8, 4) is 0 Å². The lowest BCUT2D eigenvalue weighted by Gasteiger charge is -2.06. The highest BCUT2D eigenvalue weighted by atomic mass is 16.1. The molecule has 0 unspecified atom stereocenters. The molecule has 2 rings (SSSR count).